The van der Waals surface area contributed by atoms with Gasteiger partial charge in [-0.3, -0.25) is 4.79 Å². The van der Waals surface area contributed by atoms with Gasteiger partial charge in [0.15, 0.2) is 0 Å². The fraction of sp³-hybridized carbons (Fsp3) is 0.933. The molecule has 1 aliphatic carbocycles. The van der Waals surface area contributed by atoms with Gasteiger partial charge in [-0.05, 0) is 32.2 Å². The minimum Gasteiger partial charge on any atom is -0.353 e. The van der Waals surface area contributed by atoms with E-state index in [1.54, 1.807) is 0 Å². The van der Waals surface area contributed by atoms with E-state index >= 15 is 0 Å². The van der Waals surface area contributed by atoms with Gasteiger partial charge in [-0.1, -0.05) is 32.1 Å². The van der Waals surface area contributed by atoms with Crippen LogP contribution >= 0.6 is 0 Å². The van der Waals surface area contributed by atoms with Crippen molar-refractivity contribution in [3.8, 4) is 0 Å². The molecule has 0 radical (unpaired) electrons. The first-order valence-electron chi connectivity index (χ1n) is 8.11. The van der Waals surface area contributed by atoms with Crippen molar-refractivity contribution in [1.82, 2.24) is 16.0 Å². The Kier molecular flexibility index (Phi) is 6.65. The van der Waals surface area contributed by atoms with Gasteiger partial charge in [0.1, 0.15) is 0 Å². The van der Waals surface area contributed by atoms with Crippen LogP contribution in [-0.2, 0) is 4.79 Å². The Balaban J connectivity index is 1.54. The molecule has 0 aromatic carbocycles. The van der Waals surface area contributed by atoms with Crippen molar-refractivity contribution >= 4 is 5.91 Å². The maximum atomic E-state index is 11.9. The Bertz CT molecular complexity index is 256. The number of hydrogen-bond acceptors (Lipinski definition) is 3. The van der Waals surface area contributed by atoms with E-state index in [0.29, 0.717) is 6.04 Å². The second-order valence-corrected chi connectivity index (χ2v) is 5.94. The van der Waals surface area contributed by atoms with Gasteiger partial charge in [0.05, 0.1) is 6.04 Å². The lowest BCUT2D eigenvalue weighted by atomic mass is 10.0. The van der Waals surface area contributed by atoms with Gasteiger partial charge >= 0.3 is 0 Å². The standard InChI is InChI=1S/C15H29N3O/c19-15(14-9-5-6-10-17-14)18-12-11-16-13-7-3-1-2-4-8-13/h13-14,16-17H,1-12H2,(H,18,19). The monoisotopic (exact) mass is 267 g/mol. The van der Waals surface area contributed by atoms with Crippen molar-refractivity contribution in [1.29, 1.82) is 0 Å². The summed E-state index contributed by atoms with van der Waals surface area (Å²) in [6.45, 7) is 2.65. The van der Waals surface area contributed by atoms with Crippen molar-refractivity contribution in [2.24, 2.45) is 0 Å². The van der Waals surface area contributed by atoms with Crippen LogP contribution < -0.4 is 16.0 Å². The number of nitrogens with one attached hydrogen (secondary N) is 3. The molecule has 1 aliphatic heterocycles. The minimum absolute atomic E-state index is 0.0478. The maximum absolute atomic E-state index is 11.9. The zero-order valence-electron chi connectivity index (χ0n) is 12.0. The molecule has 2 aliphatic rings. The fourth-order valence-electron chi connectivity index (χ4n) is 3.14. The number of carbonyl (C=O) groups is 1. The third kappa shape index (κ3) is 5.49. The predicted molar refractivity (Wildman–Crippen MR) is 78.1 cm³/mol. The normalized spacial score (nSPS) is 25.8. The van der Waals surface area contributed by atoms with E-state index < -0.39 is 0 Å². The molecular weight excluding hydrogens is 238 g/mol. The number of piperidine rings is 1. The van der Waals surface area contributed by atoms with E-state index in [1.807, 2.05) is 0 Å². The Morgan fingerprint density at radius 3 is 2.37 bits per heavy atom. The van der Waals surface area contributed by atoms with E-state index in [4.69, 9.17) is 0 Å². The topological polar surface area (TPSA) is 53.2 Å². The molecule has 4 heteroatoms. The number of carbonyl (C=O) groups excluding carboxylic acids is 1. The third-order valence-electron chi connectivity index (χ3n) is 4.34. The van der Waals surface area contributed by atoms with Gasteiger partial charge in [0, 0.05) is 19.1 Å². The lowest BCUT2D eigenvalue weighted by molar-refractivity contribution is -0.123. The average molecular weight is 267 g/mol. The largest absolute Gasteiger partial charge is 0.353 e. The Morgan fingerprint density at radius 2 is 1.68 bits per heavy atom. The van der Waals surface area contributed by atoms with E-state index in [2.05, 4.69) is 16.0 Å². The third-order valence-corrected chi connectivity index (χ3v) is 4.34. The highest BCUT2D eigenvalue weighted by atomic mass is 16.2. The summed E-state index contributed by atoms with van der Waals surface area (Å²) in [6.07, 6.45) is 11.5. The summed E-state index contributed by atoms with van der Waals surface area (Å²) in [4.78, 5) is 11.9. The van der Waals surface area contributed by atoms with Crippen LogP contribution in [0.1, 0.15) is 57.8 Å². The second-order valence-electron chi connectivity index (χ2n) is 5.94. The summed E-state index contributed by atoms with van der Waals surface area (Å²) in [5, 5.41) is 9.91. The molecule has 19 heavy (non-hydrogen) atoms. The van der Waals surface area contributed by atoms with Crippen LogP contribution in [0.5, 0.6) is 0 Å². The Hall–Kier alpha value is -0.610. The molecule has 0 spiro atoms. The molecule has 1 saturated heterocycles. The molecule has 1 saturated carbocycles. The Morgan fingerprint density at radius 1 is 0.947 bits per heavy atom. The molecule has 1 amide bonds. The molecule has 2 fully saturated rings. The lowest BCUT2D eigenvalue weighted by Gasteiger charge is -2.23. The quantitative estimate of drug-likeness (QED) is 0.523. The second kappa shape index (κ2) is 8.54. The van der Waals surface area contributed by atoms with Crippen molar-refractivity contribution in [2.75, 3.05) is 19.6 Å². The highest BCUT2D eigenvalue weighted by Crippen LogP contribution is 2.16. The maximum Gasteiger partial charge on any atom is 0.237 e. The summed E-state index contributed by atoms with van der Waals surface area (Å²) in [7, 11) is 0. The molecule has 0 aromatic rings. The molecule has 1 atom stereocenters. The summed E-state index contributed by atoms with van der Waals surface area (Å²) in [6, 6.07) is 0.721. The van der Waals surface area contributed by atoms with Crippen LogP contribution in [0.4, 0.5) is 0 Å². The van der Waals surface area contributed by atoms with Crippen LogP contribution in [0, 0.1) is 0 Å². The predicted octanol–water partition coefficient (Wildman–Crippen LogP) is 1.56. The van der Waals surface area contributed by atoms with Crippen LogP contribution in [-0.4, -0.2) is 37.6 Å². The summed E-state index contributed by atoms with van der Waals surface area (Å²) < 4.78 is 0. The average Bonchev–Trinajstić information content (AvgIpc) is 2.73. The number of hydrogen-bond donors (Lipinski definition) is 3. The zero-order valence-corrected chi connectivity index (χ0v) is 12.0. The van der Waals surface area contributed by atoms with Crippen molar-refractivity contribution < 1.29 is 4.79 Å². The van der Waals surface area contributed by atoms with E-state index in [-0.39, 0.29) is 11.9 Å². The van der Waals surface area contributed by atoms with E-state index in [1.165, 1.54) is 51.4 Å². The van der Waals surface area contributed by atoms with Gasteiger partial charge in [-0.2, -0.15) is 0 Å². The molecule has 0 bridgehead atoms. The molecule has 110 valence electrons. The zero-order chi connectivity index (χ0) is 13.3. The van der Waals surface area contributed by atoms with Gasteiger partial charge in [0.25, 0.3) is 0 Å². The molecule has 1 heterocycles. The van der Waals surface area contributed by atoms with Gasteiger partial charge in [0.2, 0.25) is 5.91 Å². The molecule has 1 unspecified atom stereocenters. The number of rotatable bonds is 5. The summed E-state index contributed by atoms with van der Waals surface area (Å²) >= 11 is 0. The van der Waals surface area contributed by atoms with Crippen LogP contribution in [0.15, 0.2) is 0 Å². The van der Waals surface area contributed by atoms with Gasteiger partial charge < -0.3 is 16.0 Å². The molecule has 2 rings (SSSR count). The van der Waals surface area contributed by atoms with Crippen LogP contribution in [0.25, 0.3) is 0 Å². The molecule has 4 nitrogen and oxygen atoms in total. The molecule has 0 aromatic heterocycles. The van der Waals surface area contributed by atoms with Crippen LogP contribution in [0.3, 0.4) is 0 Å². The first-order valence-corrected chi connectivity index (χ1v) is 8.11. The van der Waals surface area contributed by atoms with Gasteiger partial charge in [-0.15, -0.1) is 0 Å². The lowest BCUT2D eigenvalue weighted by Crippen LogP contribution is -2.48. The first kappa shape index (κ1) is 14.8. The minimum atomic E-state index is 0.0478. The van der Waals surface area contributed by atoms with Crippen molar-refractivity contribution in [3.63, 3.8) is 0 Å². The van der Waals surface area contributed by atoms with E-state index in [9.17, 15) is 4.79 Å². The van der Waals surface area contributed by atoms with Crippen molar-refractivity contribution in [2.45, 2.75) is 69.9 Å². The smallest absolute Gasteiger partial charge is 0.237 e. The van der Waals surface area contributed by atoms with E-state index in [0.717, 1.165) is 26.1 Å². The number of amides is 1. The summed E-state index contributed by atoms with van der Waals surface area (Å²) in [5.74, 6) is 0.183. The van der Waals surface area contributed by atoms with Crippen LogP contribution in [0.2, 0.25) is 0 Å². The Labute approximate surface area is 117 Å². The SMILES string of the molecule is O=C(NCCNC1CCCCCC1)C1CCCCN1. The fourth-order valence-corrected chi connectivity index (χ4v) is 3.14. The van der Waals surface area contributed by atoms with Crippen molar-refractivity contribution in [3.05, 3.63) is 0 Å². The highest BCUT2D eigenvalue weighted by molar-refractivity contribution is 5.81. The molecule has 3 N–H and O–H groups in total. The summed E-state index contributed by atoms with van der Waals surface area (Å²) in [5.41, 5.74) is 0. The first-order chi connectivity index (χ1) is 9.36. The molecular formula is C15H29N3O. The van der Waals surface area contributed by atoms with Gasteiger partial charge in [-0.25, -0.2) is 0 Å². The highest BCUT2D eigenvalue weighted by Gasteiger charge is 2.19.